The minimum Gasteiger partial charge on any atom is -0.493 e. The number of para-hydroxylation sites is 1. The molecule has 0 bridgehead atoms. The number of hydrogen-bond acceptors (Lipinski definition) is 6. The van der Waals surface area contributed by atoms with Crippen LogP contribution in [0.5, 0.6) is 5.75 Å². The van der Waals surface area contributed by atoms with Crippen LogP contribution in [0.1, 0.15) is 10.6 Å². The van der Waals surface area contributed by atoms with Crippen molar-refractivity contribution >= 4 is 22.7 Å². The number of furan rings is 1. The fourth-order valence-electron chi connectivity index (χ4n) is 2.78. The number of amides is 1. The van der Waals surface area contributed by atoms with Gasteiger partial charge in [0.15, 0.2) is 17.1 Å². The summed E-state index contributed by atoms with van der Waals surface area (Å²) >= 11 is 0. The van der Waals surface area contributed by atoms with Crippen LogP contribution in [-0.2, 0) is 0 Å². The molecule has 0 spiro atoms. The number of fused-ring (bicyclic) bond motifs is 1. The lowest BCUT2D eigenvalue weighted by molar-refractivity contribution is 0.0904. The van der Waals surface area contributed by atoms with Crippen molar-refractivity contribution in [2.24, 2.45) is 0 Å². The number of benzene rings is 1. The number of aromatic nitrogens is 2. The molecule has 0 atom stereocenters. The summed E-state index contributed by atoms with van der Waals surface area (Å²) in [5.74, 6) is 1.49. The third kappa shape index (κ3) is 2.54. The monoisotopic (exact) mass is 324 g/mol. The van der Waals surface area contributed by atoms with Crippen LogP contribution < -0.4 is 15.0 Å². The van der Waals surface area contributed by atoms with Crippen LogP contribution in [0, 0.1) is 0 Å². The van der Waals surface area contributed by atoms with Gasteiger partial charge in [0.05, 0.1) is 19.3 Å². The highest BCUT2D eigenvalue weighted by atomic mass is 16.5. The number of carbonyl (C=O) groups excluding carboxylic acids is 1. The van der Waals surface area contributed by atoms with Gasteiger partial charge in [0.2, 0.25) is 0 Å². The zero-order chi connectivity index (χ0) is 16.5. The van der Waals surface area contributed by atoms with Crippen LogP contribution in [0.2, 0.25) is 0 Å². The number of methoxy groups -OCH3 is 1. The van der Waals surface area contributed by atoms with Crippen molar-refractivity contribution in [3.8, 4) is 5.75 Å². The largest absolute Gasteiger partial charge is 0.493 e. The van der Waals surface area contributed by atoms with Crippen molar-refractivity contribution < 1.29 is 13.9 Å². The van der Waals surface area contributed by atoms with Gasteiger partial charge in [-0.2, -0.15) is 0 Å². The predicted octanol–water partition coefficient (Wildman–Crippen LogP) is 1.85. The standard InChI is InChI=1S/C17H16N4O3/c1-23-13-4-2-3-11-7-14(24-16(11)13)17(22)20-12-9-21(10-12)15-8-18-5-6-19-15/h2-8,12H,9-10H2,1H3,(H,20,22). The first-order valence-corrected chi connectivity index (χ1v) is 7.63. The molecule has 0 radical (unpaired) electrons. The van der Waals surface area contributed by atoms with Crippen LogP contribution in [0.4, 0.5) is 5.82 Å². The van der Waals surface area contributed by atoms with Crippen molar-refractivity contribution in [1.29, 1.82) is 0 Å². The average molecular weight is 324 g/mol. The van der Waals surface area contributed by atoms with E-state index < -0.39 is 0 Å². The molecule has 0 saturated carbocycles. The Kier molecular flexibility index (Phi) is 3.53. The molecule has 24 heavy (non-hydrogen) atoms. The van der Waals surface area contributed by atoms with Gasteiger partial charge in [0, 0.05) is 30.9 Å². The van der Waals surface area contributed by atoms with Crippen molar-refractivity contribution in [2.45, 2.75) is 6.04 Å². The Hall–Kier alpha value is -3.09. The van der Waals surface area contributed by atoms with E-state index >= 15 is 0 Å². The lowest BCUT2D eigenvalue weighted by atomic mass is 10.1. The van der Waals surface area contributed by atoms with Crippen LogP contribution >= 0.6 is 0 Å². The smallest absolute Gasteiger partial charge is 0.287 e. The summed E-state index contributed by atoms with van der Waals surface area (Å²) in [7, 11) is 1.58. The van der Waals surface area contributed by atoms with E-state index in [-0.39, 0.29) is 17.7 Å². The number of anilines is 1. The normalized spacial score (nSPS) is 14.5. The van der Waals surface area contributed by atoms with Crippen LogP contribution in [0.25, 0.3) is 11.0 Å². The lowest BCUT2D eigenvalue weighted by Gasteiger charge is -2.39. The molecule has 1 aliphatic heterocycles. The highest BCUT2D eigenvalue weighted by Crippen LogP contribution is 2.28. The number of nitrogens with one attached hydrogen (secondary N) is 1. The summed E-state index contributed by atoms with van der Waals surface area (Å²) < 4.78 is 10.9. The third-order valence-electron chi connectivity index (χ3n) is 4.04. The Morgan fingerprint density at radius 3 is 3.00 bits per heavy atom. The Labute approximate surface area is 138 Å². The molecule has 3 aromatic rings. The molecule has 0 unspecified atom stereocenters. The lowest BCUT2D eigenvalue weighted by Crippen LogP contribution is -2.59. The van der Waals surface area contributed by atoms with Gasteiger partial charge in [-0.1, -0.05) is 12.1 Å². The van der Waals surface area contributed by atoms with Crippen LogP contribution in [-0.4, -0.2) is 42.1 Å². The van der Waals surface area contributed by atoms with Gasteiger partial charge in [-0.3, -0.25) is 9.78 Å². The molecule has 1 saturated heterocycles. The summed E-state index contributed by atoms with van der Waals surface area (Å²) in [5.41, 5.74) is 0.583. The number of hydrogen-bond donors (Lipinski definition) is 1. The number of ether oxygens (including phenoxy) is 1. The molecular formula is C17H16N4O3. The molecule has 1 fully saturated rings. The van der Waals surface area contributed by atoms with Gasteiger partial charge < -0.3 is 19.4 Å². The van der Waals surface area contributed by atoms with E-state index in [1.807, 2.05) is 12.1 Å². The van der Waals surface area contributed by atoms with Crippen LogP contribution in [0.15, 0.2) is 47.3 Å². The zero-order valence-electron chi connectivity index (χ0n) is 13.1. The highest BCUT2D eigenvalue weighted by Gasteiger charge is 2.30. The van der Waals surface area contributed by atoms with E-state index in [2.05, 4.69) is 20.2 Å². The highest BCUT2D eigenvalue weighted by molar-refractivity contribution is 5.97. The maximum absolute atomic E-state index is 12.4. The second-order valence-corrected chi connectivity index (χ2v) is 5.63. The zero-order valence-corrected chi connectivity index (χ0v) is 13.1. The molecule has 1 amide bonds. The molecule has 1 aromatic carbocycles. The summed E-state index contributed by atoms with van der Waals surface area (Å²) in [6, 6.07) is 7.35. The van der Waals surface area contributed by atoms with Gasteiger partial charge in [-0.25, -0.2) is 4.98 Å². The van der Waals surface area contributed by atoms with Gasteiger partial charge in [-0.05, 0) is 12.1 Å². The van der Waals surface area contributed by atoms with E-state index in [4.69, 9.17) is 9.15 Å². The molecular weight excluding hydrogens is 308 g/mol. The van der Waals surface area contributed by atoms with E-state index in [0.29, 0.717) is 24.4 Å². The van der Waals surface area contributed by atoms with Crippen molar-refractivity contribution in [3.63, 3.8) is 0 Å². The predicted molar refractivity (Wildman–Crippen MR) is 88.3 cm³/mol. The van der Waals surface area contributed by atoms with E-state index in [0.717, 1.165) is 11.2 Å². The summed E-state index contributed by atoms with van der Waals surface area (Å²) in [4.78, 5) is 22.7. The molecule has 7 heteroatoms. The molecule has 7 nitrogen and oxygen atoms in total. The number of nitrogens with zero attached hydrogens (tertiary/aromatic N) is 3. The fourth-order valence-corrected chi connectivity index (χ4v) is 2.78. The fraction of sp³-hybridized carbons (Fsp3) is 0.235. The molecule has 1 N–H and O–H groups in total. The van der Waals surface area contributed by atoms with Crippen molar-refractivity contribution in [2.75, 3.05) is 25.1 Å². The Morgan fingerprint density at radius 2 is 2.25 bits per heavy atom. The van der Waals surface area contributed by atoms with Crippen molar-refractivity contribution in [1.82, 2.24) is 15.3 Å². The molecule has 2 aromatic heterocycles. The third-order valence-corrected chi connectivity index (χ3v) is 4.04. The Morgan fingerprint density at radius 1 is 1.38 bits per heavy atom. The second kappa shape index (κ2) is 5.84. The quantitative estimate of drug-likeness (QED) is 0.789. The summed E-state index contributed by atoms with van der Waals surface area (Å²) in [6.07, 6.45) is 5.00. The first kappa shape index (κ1) is 14.5. The Balaban J connectivity index is 1.42. The van der Waals surface area contributed by atoms with Gasteiger partial charge in [-0.15, -0.1) is 0 Å². The number of carbonyl (C=O) groups is 1. The minimum atomic E-state index is -0.225. The number of rotatable bonds is 4. The van der Waals surface area contributed by atoms with Gasteiger partial charge in [0.1, 0.15) is 5.82 Å². The van der Waals surface area contributed by atoms with Gasteiger partial charge in [0.25, 0.3) is 5.91 Å². The first-order valence-electron chi connectivity index (χ1n) is 7.63. The second-order valence-electron chi connectivity index (χ2n) is 5.63. The van der Waals surface area contributed by atoms with Gasteiger partial charge >= 0.3 is 0 Å². The maximum atomic E-state index is 12.4. The molecule has 4 rings (SSSR count). The molecule has 1 aliphatic rings. The van der Waals surface area contributed by atoms with E-state index in [1.54, 1.807) is 37.8 Å². The molecule has 3 heterocycles. The minimum absolute atomic E-state index is 0.0645. The topological polar surface area (TPSA) is 80.5 Å². The van der Waals surface area contributed by atoms with E-state index in [9.17, 15) is 4.79 Å². The van der Waals surface area contributed by atoms with E-state index in [1.165, 1.54) is 0 Å². The Bertz CT molecular complexity index is 872. The maximum Gasteiger partial charge on any atom is 0.287 e. The average Bonchev–Trinajstić information content (AvgIpc) is 3.02. The molecule has 0 aliphatic carbocycles. The van der Waals surface area contributed by atoms with Crippen LogP contribution in [0.3, 0.4) is 0 Å². The summed E-state index contributed by atoms with van der Waals surface area (Å²) in [6.45, 7) is 1.40. The molecule has 122 valence electrons. The first-order chi connectivity index (χ1) is 11.7. The SMILES string of the molecule is COc1cccc2cc(C(=O)NC3CN(c4cnccn4)C3)oc12. The van der Waals surface area contributed by atoms with Crippen molar-refractivity contribution in [3.05, 3.63) is 48.6 Å². The summed E-state index contributed by atoms with van der Waals surface area (Å²) in [5, 5.41) is 3.81.